The number of carbonyl (C=O) groups is 1. The molecule has 0 bridgehead atoms. The number of amides is 1. The Hall–Kier alpha value is -2.68. The van der Waals surface area contributed by atoms with Crippen LogP contribution in [0.1, 0.15) is 16.8 Å². The molecule has 1 N–H and O–H groups in total. The first kappa shape index (κ1) is 18.1. The highest BCUT2D eigenvalue weighted by Gasteiger charge is 2.31. The zero-order valence-corrected chi connectivity index (χ0v) is 15.4. The van der Waals surface area contributed by atoms with Gasteiger partial charge in [-0.15, -0.1) is 0 Å². The lowest BCUT2D eigenvalue weighted by atomic mass is 10.2. The summed E-state index contributed by atoms with van der Waals surface area (Å²) in [5, 5.41) is 2.76. The van der Waals surface area contributed by atoms with E-state index < -0.39 is 9.84 Å². The van der Waals surface area contributed by atoms with Gasteiger partial charge in [0.15, 0.2) is 9.84 Å². The summed E-state index contributed by atoms with van der Waals surface area (Å²) < 4.78 is 28.3. The van der Waals surface area contributed by atoms with Gasteiger partial charge in [-0.2, -0.15) is 0 Å². The number of carbonyl (C=O) groups excluding carboxylic acids is 1. The van der Waals surface area contributed by atoms with Crippen molar-refractivity contribution < 1.29 is 17.9 Å². The molecule has 2 heterocycles. The van der Waals surface area contributed by atoms with E-state index in [1.807, 2.05) is 0 Å². The highest BCUT2D eigenvalue weighted by Crippen LogP contribution is 2.20. The minimum atomic E-state index is -2.98. The molecule has 1 aliphatic rings. The first-order chi connectivity index (χ1) is 12.4. The third-order valence-electron chi connectivity index (χ3n) is 4.30. The first-order valence-electron chi connectivity index (χ1n) is 8.09. The third kappa shape index (κ3) is 4.10. The van der Waals surface area contributed by atoms with Gasteiger partial charge in [-0.25, -0.2) is 18.4 Å². The molecule has 0 saturated carbocycles. The van der Waals surface area contributed by atoms with Crippen molar-refractivity contribution in [1.82, 2.24) is 9.97 Å². The number of anilines is 2. The van der Waals surface area contributed by atoms with Crippen LogP contribution in [0.15, 0.2) is 36.7 Å². The number of nitrogens with zero attached hydrogens (tertiary/aromatic N) is 3. The van der Waals surface area contributed by atoms with Gasteiger partial charge in [-0.1, -0.05) is 6.07 Å². The molecule has 138 valence electrons. The summed E-state index contributed by atoms with van der Waals surface area (Å²) in [6, 6.07) is 6.88. The number of nitrogens with one attached hydrogen (secondary N) is 1. The zero-order chi connectivity index (χ0) is 18.7. The van der Waals surface area contributed by atoms with Gasteiger partial charge in [-0.05, 0) is 18.6 Å². The highest BCUT2D eigenvalue weighted by atomic mass is 32.2. The van der Waals surface area contributed by atoms with Gasteiger partial charge in [0.1, 0.15) is 5.75 Å². The summed E-state index contributed by atoms with van der Waals surface area (Å²) in [5.74, 6) is 0.983. The fourth-order valence-corrected chi connectivity index (χ4v) is 4.54. The summed E-state index contributed by atoms with van der Waals surface area (Å²) in [6.07, 6.45) is 3.41. The van der Waals surface area contributed by atoms with Crippen molar-refractivity contribution in [2.45, 2.75) is 12.5 Å². The van der Waals surface area contributed by atoms with Crippen LogP contribution in [0, 0.1) is 0 Å². The molecule has 1 saturated heterocycles. The normalized spacial score (nSPS) is 18.3. The van der Waals surface area contributed by atoms with Crippen LogP contribution in [0.3, 0.4) is 0 Å². The maximum Gasteiger partial charge on any atom is 0.258 e. The lowest BCUT2D eigenvalue weighted by molar-refractivity contribution is 0.102. The molecule has 1 aromatic heterocycles. The van der Waals surface area contributed by atoms with E-state index in [2.05, 4.69) is 15.3 Å². The van der Waals surface area contributed by atoms with E-state index >= 15 is 0 Å². The average molecular weight is 376 g/mol. The monoisotopic (exact) mass is 376 g/mol. The molecular formula is C17H20N4O4S. The van der Waals surface area contributed by atoms with Crippen LogP contribution >= 0.6 is 0 Å². The SMILES string of the molecule is COc1cccc(NC(=O)c2cnc(N(C)C3CCS(=O)(=O)C3)nc2)c1. The maximum atomic E-state index is 12.3. The lowest BCUT2D eigenvalue weighted by Crippen LogP contribution is -2.34. The van der Waals surface area contributed by atoms with Crippen molar-refractivity contribution in [2.24, 2.45) is 0 Å². The number of ether oxygens (including phenoxy) is 1. The van der Waals surface area contributed by atoms with Gasteiger partial charge < -0.3 is 15.0 Å². The zero-order valence-electron chi connectivity index (χ0n) is 14.5. The van der Waals surface area contributed by atoms with Crippen molar-refractivity contribution >= 4 is 27.4 Å². The van der Waals surface area contributed by atoms with Gasteiger partial charge in [-0.3, -0.25) is 4.79 Å². The molecule has 1 fully saturated rings. The van der Waals surface area contributed by atoms with Crippen LogP contribution in [0.4, 0.5) is 11.6 Å². The number of hydrogen-bond donors (Lipinski definition) is 1. The van der Waals surface area contributed by atoms with Crippen LogP contribution in [0.5, 0.6) is 5.75 Å². The molecule has 1 unspecified atom stereocenters. The second-order valence-corrected chi connectivity index (χ2v) is 8.35. The third-order valence-corrected chi connectivity index (χ3v) is 6.05. The predicted octanol–water partition coefficient (Wildman–Crippen LogP) is 1.36. The largest absolute Gasteiger partial charge is 0.497 e. The van der Waals surface area contributed by atoms with E-state index in [1.54, 1.807) is 43.3 Å². The van der Waals surface area contributed by atoms with E-state index in [9.17, 15) is 13.2 Å². The van der Waals surface area contributed by atoms with Gasteiger partial charge in [0.2, 0.25) is 5.95 Å². The molecule has 1 atom stereocenters. The minimum absolute atomic E-state index is 0.102. The first-order valence-corrected chi connectivity index (χ1v) is 9.91. The summed E-state index contributed by atoms with van der Waals surface area (Å²) in [6.45, 7) is 0. The number of rotatable bonds is 5. The van der Waals surface area contributed by atoms with Crippen LogP contribution < -0.4 is 15.0 Å². The maximum absolute atomic E-state index is 12.3. The molecule has 9 heteroatoms. The second-order valence-electron chi connectivity index (χ2n) is 6.13. The summed E-state index contributed by atoms with van der Waals surface area (Å²) in [7, 11) is 0.334. The Labute approximate surface area is 152 Å². The van der Waals surface area contributed by atoms with Crippen molar-refractivity contribution in [3.63, 3.8) is 0 Å². The molecule has 3 rings (SSSR count). The molecule has 26 heavy (non-hydrogen) atoms. The fourth-order valence-electron chi connectivity index (χ4n) is 2.77. The van der Waals surface area contributed by atoms with Gasteiger partial charge >= 0.3 is 0 Å². The molecule has 2 aromatic rings. The number of aromatic nitrogens is 2. The van der Waals surface area contributed by atoms with Gasteiger partial charge in [0.05, 0.1) is 24.2 Å². The average Bonchev–Trinajstić information content (AvgIpc) is 3.01. The van der Waals surface area contributed by atoms with E-state index in [0.717, 1.165) is 0 Å². The quantitative estimate of drug-likeness (QED) is 0.841. The highest BCUT2D eigenvalue weighted by molar-refractivity contribution is 7.91. The van der Waals surface area contributed by atoms with E-state index in [0.29, 0.717) is 29.4 Å². The van der Waals surface area contributed by atoms with Gasteiger partial charge in [0.25, 0.3) is 5.91 Å². The Kier molecular flexibility index (Phi) is 5.08. The molecule has 1 aromatic carbocycles. The molecule has 1 amide bonds. The van der Waals surface area contributed by atoms with Crippen molar-refractivity contribution in [3.8, 4) is 5.75 Å². The summed E-state index contributed by atoms with van der Waals surface area (Å²) >= 11 is 0. The Morgan fingerprint density at radius 2 is 2.04 bits per heavy atom. The van der Waals surface area contributed by atoms with Gasteiger partial charge in [0, 0.05) is 37.2 Å². The Bertz CT molecular complexity index is 899. The number of benzene rings is 1. The van der Waals surface area contributed by atoms with E-state index in [4.69, 9.17) is 4.74 Å². The number of methoxy groups -OCH3 is 1. The number of sulfone groups is 1. The second kappa shape index (κ2) is 7.28. The molecular weight excluding hydrogens is 356 g/mol. The molecule has 0 spiro atoms. The smallest absolute Gasteiger partial charge is 0.258 e. The standard InChI is InChI=1S/C17H20N4O4S/c1-21(14-6-7-26(23,24)11-14)17-18-9-12(10-19-17)16(22)20-13-4-3-5-15(8-13)25-2/h3-5,8-10,14H,6-7,11H2,1-2H3,(H,20,22). The van der Waals surface area contributed by atoms with E-state index in [1.165, 1.54) is 12.4 Å². The van der Waals surface area contributed by atoms with Crippen LogP contribution in [0.2, 0.25) is 0 Å². The molecule has 8 nitrogen and oxygen atoms in total. The van der Waals surface area contributed by atoms with Crippen molar-refractivity contribution in [3.05, 3.63) is 42.2 Å². The Morgan fingerprint density at radius 3 is 2.65 bits per heavy atom. The van der Waals surface area contributed by atoms with Crippen LogP contribution in [-0.4, -0.2) is 56.0 Å². The van der Waals surface area contributed by atoms with Crippen LogP contribution in [-0.2, 0) is 9.84 Å². The van der Waals surface area contributed by atoms with E-state index in [-0.39, 0.29) is 23.5 Å². The minimum Gasteiger partial charge on any atom is -0.497 e. The topological polar surface area (TPSA) is 101 Å². The lowest BCUT2D eigenvalue weighted by Gasteiger charge is -2.23. The molecule has 1 aliphatic heterocycles. The van der Waals surface area contributed by atoms with Crippen molar-refractivity contribution in [1.29, 1.82) is 0 Å². The number of hydrogen-bond acceptors (Lipinski definition) is 7. The fraction of sp³-hybridized carbons (Fsp3) is 0.353. The Balaban J connectivity index is 1.67. The molecule has 0 radical (unpaired) electrons. The summed E-state index contributed by atoms with van der Waals surface area (Å²) in [5.41, 5.74) is 0.913. The predicted molar refractivity (Wildman–Crippen MR) is 98.4 cm³/mol. The Morgan fingerprint density at radius 1 is 1.31 bits per heavy atom. The van der Waals surface area contributed by atoms with Crippen LogP contribution in [0.25, 0.3) is 0 Å². The summed E-state index contributed by atoms with van der Waals surface area (Å²) in [4.78, 5) is 22.5. The van der Waals surface area contributed by atoms with Crippen molar-refractivity contribution in [2.75, 3.05) is 35.9 Å². The molecule has 0 aliphatic carbocycles.